The van der Waals surface area contributed by atoms with Crippen LogP contribution in [0, 0.1) is 5.92 Å². The van der Waals surface area contributed by atoms with Crippen molar-refractivity contribution in [3.05, 3.63) is 64.4 Å². The molecule has 1 saturated carbocycles. The van der Waals surface area contributed by atoms with Gasteiger partial charge in [-0.25, -0.2) is 5.10 Å². The van der Waals surface area contributed by atoms with Gasteiger partial charge in [-0.3, -0.25) is 14.4 Å². The van der Waals surface area contributed by atoms with Crippen LogP contribution < -0.4 is 10.3 Å². The molecule has 2 fully saturated rings. The van der Waals surface area contributed by atoms with Crippen molar-refractivity contribution in [1.29, 1.82) is 0 Å². The monoisotopic (exact) mass is 446 g/mol. The van der Waals surface area contributed by atoms with E-state index >= 15 is 0 Å². The number of nitrogens with zero attached hydrogens (tertiary/aromatic N) is 3. The van der Waals surface area contributed by atoms with Crippen molar-refractivity contribution in [2.45, 2.75) is 25.7 Å². The van der Waals surface area contributed by atoms with Gasteiger partial charge in [0.2, 0.25) is 11.8 Å². The van der Waals surface area contributed by atoms with Crippen molar-refractivity contribution in [2.24, 2.45) is 5.92 Å². The first-order chi connectivity index (χ1) is 16.1. The summed E-state index contributed by atoms with van der Waals surface area (Å²) in [6.45, 7) is 2.19. The van der Waals surface area contributed by atoms with E-state index in [0.29, 0.717) is 48.3 Å². The number of benzene rings is 2. The maximum atomic E-state index is 13.1. The number of ether oxygens (including phenoxy) is 1. The Balaban J connectivity index is 1.27. The van der Waals surface area contributed by atoms with Gasteiger partial charge in [0, 0.05) is 37.7 Å². The standard InChI is InChI=1S/C25H26N4O4/c30-22-20-10-3-4-11-21(20)23(27-26-22)33-19-9-5-8-18(16-19)25(32)29-14-12-28(13-15-29)24(31)17-6-1-2-7-17/h3-5,8-11,16-17H,1-2,6-7,12-15H2,(H,26,30). The average molecular weight is 447 g/mol. The van der Waals surface area contributed by atoms with Gasteiger partial charge in [0.05, 0.1) is 10.8 Å². The fourth-order valence-electron chi connectivity index (χ4n) is 4.72. The summed E-state index contributed by atoms with van der Waals surface area (Å²) in [6, 6.07) is 14.0. The highest BCUT2D eigenvalue weighted by Crippen LogP contribution is 2.28. The number of rotatable bonds is 4. The van der Waals surface area contributed by atoms with Crippen LogP contribution in [-0.4, -0.2) is 58.0 Å². The smallest absolute Gasteiger partial charge is 0.272 e. The number of aromatic amines is 1. The zero-order valence-corrected chi connectivity index (χ0v) is 18.3. The molecular weight excluding hydrogens is 420 g/mol. The van der Waals surface area contributed by atoms with Gasteiger partial charge in [-0.2, -0.15) is 0 Å². The lowest BCUT2D eigenvalue weighted by Crippen LogP contribution is -2.51. The molecule has 0 bridgehead atoms. The van der Waals surface area contributed by atoms with E-state index in [9.17, 15) is 14.4 Å². The van der Waals surface area contributed by atoms with E-state index in [2.05, 4.69) is 10.2 Å². The number of carbonyl (C=O) groups excluding carboxylic acids is 2. The van der Waals surface area contributed by atoms with Crippen LogP contribution in [0.4, 0.5) is 0 Å². The Hall–Kier alpha value is -3.68. The van der Waals surface area contributed by atoms with Gasteiger partial charge in [-0.15, -0.1) is 5.10 Å². The van der Waals surface area contributed by atoms with Crippen LogP contribution in [0.1, 0.15) is 36.0 Å². The molecule has 0 radical (unpaired) electrons. The lowest BCUT2D eigenvalue weighted by atomic mass is 10.1. The second-order valence-corrected chi connectivity index (χ2v) is 8.63. The Bertz CT molecular complexity index is 1240. The molecule has 1 aromatic heterocycles. The topological polar surface area (TPSA) is 95.6 Å². The minimum Gasteiger partial charge on any atom is -0.437 e. The molecule has 2 aliphatic rings. The molecule has 2 aromatic carbocycles. The molecule has 0 atom stereocenters. The van der Waals surface area contributed by atoms with E-state index in [4.69, 9.17) is 4.74 Å². The third-order valence-electron chi connectivity index (χ3n) is 6.54. The molecule has 0 spiro atoms. The molecule has 0 unspecified atom stereocenters. The largest absolute Gasteiger partial charge is 0.437 e. The molecule has 1 N–H and O–H groups in total. The third kappa shape index (κ3) is 4.33. The lowest BCUT2D eigenvalue weighted by Gasteiger charge is -2.36. The van der Waals surface area contributed by atoms with E-state index in [-0.39, 0.29) is 29.2 Å². The molecule has 170 valence electrons. The van der Waals surface area contributed by atoms with Gasteiger partial charge in [0.15, 0.2) is 0 Å². The van der Waals surface area contributed by atoms with E-state index in [0.717, 1.165) is 25.7 Å². The fraction of sp³-hybridized carbons (Fsp3) is 0.360. The van der Waals surface area contributed by atoms with E-state index in [1.807, 2.05) is 11.0 Å². The highest BCUT2D eigenvalue weighted by atomic mass is 16.5. The Morgan fingerprint density at radius 1 is 0.909 bits per heavy atom. The SMILES string of the molecule is O=C(c1cccc(Oc2n[nH]c(=O)c3ccccc23)c1)N1CCN(C(=O)C2CCCC2)CC1. The zero-order valence-electron chi connectivity index (χ0n) is 18.3. The molecule has 3 aromatic rings. The Morgan fingerprint density at radius 2 is 1.61 bits per heavy atom. The van der Waals surface area contributed by atoms with Gasteiger partial charge >= 0.3 is 0 Å². The van der Waals surface area contributed by atoms with Crippen molar-refractivity contribution in [3.63, 3.8) is 0 Å². The van der Waals surface area contributed by atoms with E-state index in [1.165, 1.54) is 0 Å². The summed E-state index contributed by atoms with van der Waals surface area (Å²) in [5.74, 6) is 1.05. The molecular formula is C25H26N4O4. The molecule has 2 heterocycles. The first-order valence-corrected chi connectivity index (χ1v) is 11.4. The van der Waals surface area contributed by atoms with Crippen LogP contribution in [0.5, 0.6) is 11.6 Å². The molecule has 1 aliphatic carbocycles. The molecule has 1 saturated heterocycles. The number of hydrogen-bond acceptors (Lipinski definition) is 5. The average Bonchev–Trinajstić information content (AvgIpc) is 3.40. The normalized spacial score (nSPS) is 16.8. The minimum absolute atomic E-state index is 0.0901. The van der Waals surface area contributed by atoms with Gasteiger partial charge in [0.25, 0.3) is 11.5 Å². The van der Waals surface area contributed by atoms with Crippen LogP contribution >= 0.6 is 0 Å². The highest BCUT2D eigenvalue weighted by molar-refractivity contribution is 5.95. The van der Waals surface area contributed by atoms with Crippen LogP contribution in [0.3, 0.4) is 0 Å². The molecule has 2 amide bonds. The van der Waals surface area contributed by atoms with Gasteiger partial charge < -0.3 is 14.5 Å². The molecule has 33 heavy (non-hydrogen) atoms. The van der Waals surface area contributed by atoms with Crippen LogP contribution in [0.2, 0.25) is 0 Å². The molecule has 8 nitrogen and oxygen atoms in total. The number of nitrogens with one attached hydrogen (secondary N) is 1. The Kier molecular flexibility index (Phi) is 5.81. The maximum absolute atomic E-state index is 13.1. The summed E-state index contributed by atoms with van der Waals surface area (Å²) in [4.78, 5) is 41.4. The second-order valence-electron chi connectivity index (χ2n) is 8.63. The summed E-state index contributed by atoms with van der Waals surface area (Å²) < 4.78 is 5.93. The van der Waals surface area contributed by atoms with E-state index in [1.54, 1.807) is 47.4 Å². The predicted molar refractivity (Wildman–Crippen MR) is 123 cm³/mol. The summed E-state index contributed by atoms with van der Waals surface area (Å²) in [5.41, 5.74) is 0.226. The molecule has 1 aliphatic heterocycles. The quantitative estimate of drug-likeness (QED) is 0.664. The lowest BCUT2D eigenvalue weighted by molar-refractivity contribution is -0.136. The number of aromatic nitrogens is 2. The van der Waals surface area contributed by atoms with Crippen LogP contribution in [0.25, 0.3) is 10.8 Å². The summed E-state index contributed by atoms with van der Waals surface area (Å²) in [6.07, 6.45) is 4.25. The number of carbonyl (C=O) groups is 2. The van der Waals surface area contributed by atoms with Crippen molar-refractivity contribution in [1.82, 2.24) is 20.0 Å². The van der Waals surface area contributed by atoms with Crippen molar-refractivity contribution in [3.8, 4) is 11.6 Å². The number of H-pyrrole nitrogens is 1. The van der Waals surface area contributed by atoms with Crippen LogP contribution in [-0.2, 0) is 4.79 Å². The molecule has 8 heteroatoms. The summed E-state index contributed by atoms with van der Waals surface area (Å²) in [7, 11) is 0. The zero-order chi connectivity index (χ0) is 22.8. The Labute approximate surface area is 191 Å². The van der Waals surface area contributed by atoms with Gasteiger partial charge in [-0.1, -0.05) is 31.0 Å². The first kappa shape index (κ1) is 21.2. The fourth-order valence-corrected chi connectivity index (χ4v) is 4.72. The summed E-state index contributed by atoms with van der Waals surface area (Å²) in [5, 5.41) is 7.56. The van der Waals surface area contributed by atoms with Crippen LogP contribution in [0.15, 0.2) is 53.3 Å². The number of amides is 2. The maximum Gasteiger partial charge on any atom is 0.272 e. The first-order valence-electron chi connectivity index (χ1n) is 11.4. The highest BCUT2D eigenvalue weighted by Gasteiger charge is 2.30. The minimum atomic E-state index is -0.285. The molecule has 5 rings (SSSR count). The number of hydrogen-bond donors (Lipinski definition) is 1. The summed E-state index contributed by atoms with van der Waals surface area (Å²) >= 11 is 0. The van der Waals surface area contributed by atoms with Crippen molar-refractivity contribution in [2.75, 3.05) is 26.2 Å². The number of piperazine rings is 1. The van der Waals surface area contributed by atoms with Crippen molar-refractivity contribution < 1.29 is 14.3 Å². The van der Waals surface area contributed by atoms with E-state index < -0.39 is 0 Å². The van der Waals surface area contributed by atoms with Crippen molar-refractivity contribution >= 4 is 22.6 Å². The number of fused-ring (bicyclic) bond motifs is 1. The second kappa shape index (κ2) is 9.05. The Morgan fingerprint density at radius 3 is 2.36 bits per heavy atom. The van der Waals surface area contributed by atoms with Gasteiger partial charge in [0.1, 0.15) is 5.75 Å². The van der Waals surface area contributed by atoms with Gasteiger partial charge in [-0.05, 0) is 43.2 Å². The predicted octanol–water partition coefficient (Wildman–Crippen LogP) is 3.19. The third-order valence-corrected chi connectivity index (χ3v) is 6.54.